The van der Waals surface area contributed by atoms with Crippen molar-refractivity contribution in [1.82, 2.24) is 9.78 Å². The summed E-state index contributed by atoms with van der Waals surface area (Å²) in [5, 5.41) is 7.50. The molecule has 0 aliphatic carbocycles. The zero-order chi connectivity index (χ0) is 22.1. The second-order valence-corrected chi connectivity index (χ2v) is 9.02. The first-order chi connectivity index (χ1) is 14.8. The first-order valence-electron chi connectivity index (χ1n) is 9.97. The molecule has 0 radical (unpaired) electrons. The number of primary amides is 1. The SMILES string of the molecule is Cc1ccc(-n2nc(C)c3c2NC(=O)C(C)SC3c2ccc(OCC(N)=O)cc2)cc1. The Morgan fingerprint density at radius 2 is 1.84 bits per heavy atom. The van der Waals surface area contributed by atoms with Gasteiger partial charge in [0.2, 0.25) is 5.91 Å². The summed E-state index contributed by atoms with van der Waals surface area (Å²) < 4.78 is 7.18. The van der Waals surface area contributed by atoms with Crippen molar-refractivity contribution in [3.05, 3.63) is 70.9 Å². The van der Waals surface area contributed by atoms with E-state index >= 15 is 0 Å². The number of amides is 2. The Hall–Kier alpha value is -3.26. The molecule has 4 rings (SSSR count). The molecule has 8 heteroatoms. The van der Waals surface area contributed by atoms with Crippen molar-refractivity contribution < 1.29 is 14.3 Å². The number of thioether (sulfide) groups is 1. The third-order valence-corrected chi connectivity index (χ3v) is 6.56. The van der Waals surface area contributed by atoms with Gasteiger partial charge >= 0.3 is 0 Å². The second kappa shape index (κ2) is 8.47. The third kappa shape index (κ3) is 4.29. The molecule has 2 aromatic carbocycles. The number of rotatable bonds is 5. The molecule has 0 saturated carbocycles. The lowest BCUT2D eigenvalue weighted by Gasteiger charge is -2.18. The molecular weight excluding hydrogens is 412 g/mol. The third-order valence-electron chi connectivity index (χ3n) is 5.16. The highest BCUT2D eigenvalue weighted by atomic mass is 32.2. The number of fused-ring (bicyclic) bond motifs is 1. The minimum absolute atomic E-state index is 0.0524. The molecule has 0 spiro atoms. The Balaban J connectivity index is 1.76. The average molecular weight is 437 g/mol. The van der Waals surface area contributed by atoms with Crippen LogP contribution in [-0.2, 0) is 9.59 Å². The van der Waals surface area contributed by atoms with Gasteiger partial charge in [-0.3, -0.25) is 9.59 Å². The van der Waals surface area contributed by atoms with E-state index < -0.39 is 5.91 Å². The molecule has 3 N–H and O–H groups in total. The summed E-state index contributed by atoms with van der Waals surface area (Å²) in [5.41, 5.74) is 10.1. The lowest BCUT2D eigenvalue weighted by Crippen LogP contribution is -2.22. The van der Waals surface area contributed by atoms with E-state index in [2.05, 4.69) is 5.32 Å². The molecular formula is C23H24N4O3S. The molecule has 2 unspecified atom stereocenters. The Bertz CT molecular complexity index is 1120. The predicted octanol–water partition coefficient (Wildman–Crippen LogP) is 3.52. The van der Waals surface area contributed by atoms with Gasteiger partial charge in [-0.2, -0.15) is 5.10 Å². The van der Waals surface area contributed by atoms with Crippen LogP contribution in [0.3, 0.4) is 0 Å². The Morgan fingerprint density at radius 3 is 2.48 bits per heavy atom. The molecule has 0 fully saturated rings. The highest BCUT2D eigenvalue weighted by Crippen LogP contribution is 2.46. The minimum atomic E-state index is -0.523. The van der Waals surface area contributed by atoms with Crippen LogP contribution in [0, 0.1) is 13.8 Å². The monoisotopic (exact) mass is 436 g/mol. The van der Waals surface area contributed by atoms with Crippen LogP contribution in [0.5, 0.6) is 5.75 Å². The molecule has 1 aliphatic heterocycles. The fraction of sp³-hybridized carbons (Fsp3) is 0.261. The highest BCUT2D eigenvalue weighted by Gasteiger charge is 2.34. The first-order valence-corrected chi connectivity index (χ1v) is 10.9. The van der Waals surface area contributed by atoms with Crippen LogP contribution in [0.2, 0.25) is 0 Å². The maximum Gasteiger partial charge on any atom is 0.255 e. The molecule has 1 aromatic heterocycles. The fourth-order valence-electron chi connectivity index (χ4n) is 3.54. The van der Waals surface area contributed by atoms with Crippen molar-refractivity contribution in [2.45, 2.75) is 31.3 Å². The Labute approximate surface area is 185 Å². The summed E-state index contributed by atoms with van der Waals surface area (Å²) in [6.07, 6.45) is 0. The van der Waals surface area contributed by atoms with E-state index in [1.54, 1.807) is 16.4 Å². The van der Waals surface area contributed by atoms with Gasteiger partial charge < -0.3 is 15.8 Å². The number of benzene rings is 2. The van der Waals surface area contributed by atoms with Gasteiger partial charge in [0.05, 0.1) is 21.9 Å². The Morgan fingerprint density at radius 1 is 1.16 bits per heavy atom. The maximum absolute atomic E-state index is 12.8. The van der Waals surface area contributed by atoms with Crippen LogP contribution in [0.25, 0.3) is 5.69 Å². The zero-order valence-corrected chi connectivity index (χ0v) is 18.4. The standard InChI is InChI=1S/C23H24N4O3S/c1-13-4-8-17(9-5-13)27-22-20(14(2)26-27)21(31-15(3)23(29)25-22)16-6-10-18(11-7-16)30-12-19(24)28/h4-11,15,21H,12H2,1-3H3,(H2,24,28)(H,25,29). The van der Waals surface area contributed by atoms with Gasteiger partial charge in [-0.25, -0.2) is 4.68 Å². The smallest absolute Gasteiger partial charge is 0.255 e. The second-order valence-electron chi connectivity index (χ2n) is 7.57. The quantitative estimate of drug-likeness (QED) is 0.638. The summed E-state index contributed by atoms with van der Waals surface area (Å²) in [6.45, 7) is 5.73. The molecule has 160 valence electrons. The number of hydrogen-bond acceptors (Lipinski definition) is 5. The number of nitrogens with one attached hydrogen (secondary N) is 1. The van der Waals surface area contributed by atoms with E-state index in [0.717, 1.165) is 28.1 Å². The summed E-state index contributed by atoms with van der Waals surface area (Å²) in [6, 6.07) is 15.6. The molecule has 1 aliphatic rings. The number of aryl methyl sites for hydroxylation is 2. The van der Waals surface area contributed by atoms with Crippen molar-refractivity contribution in [3.63, 3.8) is 0 Å². The maximum atomic E-state index is 12.8. The van der Waals surface area contributed by atoms with Gasteiger partial charge in [0.15, 0.2) is 6.61 Å². The lowest BCUT2D eigenvalue weighted by molar-refractivity contribution is -0.120. The van der Waals surface area contributed by atoms with E-state index in [1.807, 2.05) is 69.3 Å². The summed E-state index contributed by atoms with van der Waals surface area (Å²) in [5.74, 6) is 0.687. The van der Waals surface area contributed by atoms with Gasteiger partial charge in [0.25, 0.3) is 5.91 Å². The zero-order valence-electron chi connectivity index (χ0n) is 17.6. The van der Waals surface area contributed by atoms with Crippen LogP contribution < -0.4 is 15.8 Å². The van der Waals surface area contributed by atoms with Crippen LogP contribution >= 0.6 is 11.8 Å². The van der Waals surface area contributed by atoms with Crippen LogP contribution in [-0.4, -0.2) is 33.5 Å². The number of nitrogens with two attached hydrogens (primary N) is 1. The summed E-state index contributed by atoms with van der Waals surface area (Å²) in [4.78, 5) is 23.7. The van der Waals surface area contributed by atoms with Crippen LogP contribution in [0.1, 0.15) is 34.6 Å². The number of carbonyl (C=O) groups is 2. The van der Waals surface area contributed by atoms with E-state index in [1.165, 1.54) is 0 Å². The average Bonchev–Trinajstić information content (AvgIpc) is 2.99. The normalized spacial score (nSPS) is 18.1. The van der Waals surface area contributed by atoms with E-state index in [4.69, 9.17) is 15.6 Å². The van der Waals surface area contributed by atoms with Gasteiger partial charge in [-0.05, 0) is 50.6 Å². The minimum Gasteiger partial charge on any atom is -0.484 e. The summed E-state index contributed by atoms with van der Waals surface area (Å²) in [7, 11) is 0. The molecule has 2 atom stereocenters. The summed E-state index contributed by atoms with van der Waals surface area (Å²) >= 11 is 1.58. The van der Waals surface area contributed by atoms with Crippen LogP contribution in [0.4, 0.5) is 5.82 Å². The van der Waals surface area contributed by atoms with Crippen molar-refractivity contribution in [2.75, 3.05) is 11.9 Å². The molecule has 3 aromatic rings. The molecule has 2 heterocycles. The van der Waals surface area contributed by atoms with Gasteiger partial charge in [0.1, 0.15) is 11.6 Å². The highest BCUT2D eigenvalue weighted by molar-refractivity contribution is 8.01. The molecule has 7 nitrogen and oxygen atoms in total. The van der Waals surface area contributed by atoms with Crippen molar-refractivity contribution in [2.24, 2.45) is 5.73 Å². The van der Waals surface area contributed by atoms with Crippen molar-refractivity contribution >= 4 is 29.4 Å². The van der Waals surface area contributed by atoms with Crippen molar-refractivity contribution in [3.8, 4) is 11.4 Å². The lowest BCUT2D eigenvalue weighted by atomic mass is 10.0. The van der Waals surface area contributed by atoms with Crippen molar-refractivity contribution in [1.29, 1.82) is 0 Å². The van der Waals surface area contributed by atoms with Gasteiger partial charge in [0, 0.05) is 5.56 Å². The number of hydrogen-bond donors (Lipinski definition) is 2. The van der Waals surface area contributed by atoms with Gasteiger partial charge in [-0.15, -0.1) is 11.8 Å². The molecule has 2 amide bonds. The number of carbonyl (C=O) groups excluding carboxylic acids is 2. The van der Waals surface area contributed by atoms with E-state index in [9.17, 15) is 9.59 Å². The number of nitrogens with zero attached hydrogens (tertiary/aromatic N) is 2. The topological polar surface area (TPSA) is 99.2 Å². The molecule has 0 saturated heterocycles. The predicted molar refractivity (Wildman–Crippen MR) is 122 cm³/mol. The molecule has 31 heavy (non-hydrogen) atoms. The number of aromatic nitrogens is 2. The first kappa shape index (κ1) is 21.0. The number of ether oxygens (including phenoxy) is 1. The van der Waals surface area contributed by atoms with E-state index in [-0.39, 0.29) is 23.0 Å². The largest absolute Gasteiger partial charge is 0.484 e. The molecule has 0 bridgehead atoms. The Kier molecular flexibility index (Phi) is 5.73. The fourth-order valence-corrected chi connectivity index (χ4v) is 4.86. The van der Waals surface area contributed by atoms with E-state index in [0.29, 0.717) is 11.6 Å². The van der Waals surface area contributed by atoms with Gasteiger partial charge in [-0.1, -0.05) is 29.8 Å². The number of anilines is 1. The van der Waals surface area contributed by atoms with Crippen LogP contribution in [0.15, 0.2) is 48.5 Å².